The molecule has 2 nitrogen and oxygen atoms in total. The molecule has 0 radical (unpaired) electrons. The second kappa shape index (κ2) is 3.52. The average molecular weight is 157 g/mol. The van der Waals surface area contributed by atoms with Crippen LogP contribution in [0.1, 0.15) is 18.4 Å². The van der Waals surface area contributed by atoms with E-state index in [4.69, 9.17) is 11.6 Å². The van der Waals surface area contributed by atoms with E-state index in [1.54, 1.807) is 6.20 Å². The third-order valence-electron chi connectivity index (χ3n) is 1.24. The highest BCUT2D eigenvalue weighted by Gasteiger charge is 1.93. The summed E-state index contributed by atoms with van der Waals surface area (Å²) in [5, 5.41) is 0. The van der Waals surface area contributed by atoms with Gasteiger partial charge < -0.3 is 0 Å². The van der Waals surface area contributed by atoms with Crippen LogP contribution in [0.2, 0.25) is 0 Å². The summed E-state index contributed by atoms with van der Waals surface area (Å²) >= 11 is 5.53. The van der Waals surface area contributed by atoms with Gasteiger partial charge >= 0.3 is 0 Å². The number of nitrogens with zero attached hydrogens (tertiary/aromatic N) is 2. The second-order valence-corrected chi connectivity index (χ2v) is 2.22. The Labute approximate surface area is 65.3 Å². The molecule has 0 saturated carbocycles. The van der Waals surface area contributed by atoms with Crippen molar-refractivity contribution in [3.05, 3.63) is 23.8 Å². The van der Waals surface area contributed by atoms with Gasteiger partial charge in [-0.1, -0.05) is 6.92 Å². The smallest absolute Gasteiger partial charge is 0.143 e. The van der Waals surface area contributed by atoms with Crippen LogP contribution in [0.4, 0.5) is 0 Å². The minimum Gasteiger partial charge on any atom is -0.240 e. The lowest BCUT2D eigenvalue weighted by molar-refractivity contribution is 0.937. The number of aryl methyl sites for hydroxylation is 1. The number of aromatic nitrogens is 2. The zero-order valence-corrected chi connectivity index (χ0v) is 6.60. The van der Waals surface area contributed by atoms with Crippen LogP contribution < -0.4 is 0 Å². The molecule has 1 heterocycles. The lowest BCUT2D eigenvalue weighted by atomic mass is 10.3. The Hall–Kier alpha value is -0.630. The van der Waals surface area contributed by atoms with Crippen molar-refractivity contribution in [3.8, 4) is 0 Å². The molecule has 0 spiro atoms. The lowest BCUT2D eigenvalue weighted by Crippen LogP contribution is -1.94. The molecule has 0 aliphatic heterocycles. The Bertz CT molecular complexity index is 193. The first-order valence-corrected chi connectivity index (χ1v) is 3.77. The first-order chi connectivity index (χ1) is 4.86. The maximum atomic E-state index is 5.53. The van der Waals surface area contributed by atoms with Crippen LogP contribution in [0, 0.1) is 0 Å². The summed E-state index contributed by atoms with van der Waals surface area (Å²) in [7, 11) is 0. The fourth-order valence-electron chi connectivity index (χ4n) is 0.703. The van der Waals surface area contributed by atoms with Gasteiger partial charge in [-0.2, -0.15) is 0 Å². The van der Waals surface area contributed by atoms with Gasteiger partial charge in [0.15, 0.2) is 0 Å². The molecular formula is C7H9ClN2. The standard InChI is InChI=1S/C7H9ClN2/c1-2-6-3-4-9-7(5-8)10-6/h3-4H,2,5H2,1H3. The summed E-state index contributed by atoms with van der Waals surface area (Å²) in [6.45, 7) is 2.06. The van der Waals surface area contributed by atoms with E-state index >= 15 is 0 Å². The quantitative estimate of drug-likeness (QED) is 0.610. The van der Waals surface area contributed by atoms with E-state index in [0.717, 1.165) is 12.1 Å². The van der Waals surface area contributed by atoms with Gasteiger partial charge in [-0.05, 0) is 12.5 Å². The zero-order chi connectivity index (χ0) is 7.40. The first-order valence-electron chi connectivity index (χ1n) is 3.23. The summed E-state index contributed by atoms with van der Waals surface area (Å²) in [6, 6.07) is 1.90. The summed E-state index contributed by atoms with van der Waals surface area (Å²) in [6.07, 6.45) is 2.68. The molecule has 3 heteroatoms. The van der Waals surface area contributed by atoms with Crippen molar-refractivity contribution in [1.82, 2.24) is 9.97 Å². The molecule has 1 rings (SSSR count). The van der Waals surface area contributed by atoms with Gasteiger partial charge in [-0.3, -0.25) is 0 Å². The Morgan fingerprint density at radius 3 is 3.00 bits per heavy atom. The van der Waals surface area contributed by atoms with E-state index in [1.165, 1.54) is 0 Å². The Kier molecular flexibility index (Phi) is 2.63. The second-order valence-electron chi connectivity index (χ2n) is 1.95. The van der Waals surface area contributed by atoms with Crippen molar-refractivity contribution in [2.45, 2.75) is 19.2 Å². The molecule has 0 fully saturated rings. The molecule has 0 aliphatic carbocycles. The van der Waals surface area contributed by atoms with Gasteiger partial charge in [-0.15, -0.1) is 11.6 Å². The predicted octanol–water partition coefficient (Wildman–Crippen LogP) is 1.78. The molecule has 1 aromatic rings. The van der Waals surface area contributed by atoms with Crippen molar-refractivity contribution < 1.29 is 0 Å². The van der Waals surface area contributed by atoms with E-state index < -0.39 is 0 Å². The first kappa shape index (κ1) is 7.48. The van der Waals surface area contributed by atoms with Crippen LogP contribution in [0.3, 0.4) is 0 Å². The predicted molar refractivity (Wildman–Crippen MR) is 41.0 cm³/mol. The van der Waals surface area contributed by atoms with E-state index in [-0.39, 0.29) is 0 Å². The highest BCUT2D eigenvalue weighted by atomic mass is 35.5. The van der Waals surface area contributed by atoms with Crippen LogP contribution in [0.5, 0.6) is 0 Å². The summed E-state index contributed by atoms with van der Waals surface area (Å²) in [5.74, 6) is 1.11. The fraction of sp³-hybridized carbons (Fsp3) is 0.429. The molecule has 0 amide bonds. The van der Waals surface area contributed by atoms with Gasteiger partial charge in [0.05, 0.1) is 5.88 Å². The molecule has 0 saturated heterocycles. The molecule has 0 bridgehead atoms. The Balaban J connectivity index is 2.87. The molecule has 0 unspecified atom stereocenters. The Morgan fingerprint density at radius 2 is 2.40 bits per heavy atom. The maximum absolute atomic E-state index is 5.53. The number of rotatable bonds is 2. The minimum absolute atomic E-state index is 0.397. The zero-order valence-electron chi connectivity index (χ0n) is 5.84. The number of hydrogen-bond donors (Lipinski definition) is 0. The third-order valence-corrected chi connectivity index (χ3v) is 1.48. The van der Waals surface area contributed by atoms with E-state index in [9.17, 15) is 0 Å². The molecule has 10 heavy (non-hydrogen) atoms. The minimum atomic E-state index is 0.397. The van der Waals surface area contributed by atoms with Crippen molar-refractivity contribution in [3.63, 3.8) is 0 Å². The van der Waals surface area contributed by atoms with Crippen molar-refractivity contribution in [1.29, 1.82) is 0 Å². The summed E-state index contributed by atoms with van der Waals surface area (Å²) < 4.78 is 0. The molecule has 54 valence electrons. The number of alkyl halides is 1. The topological polar surface area (TPSA) is 25.8 Å². The van der Waals surface area contributed by atoms with Crippen molar-refractivity contribution >= 4 is 11.6 Å². The third kappa shape index (κ3) is 1.67. The van der Waals surface area contributed by atoms with Crippen LogP contribution >= 0.6 is 11.6 Å². The molecule has 0 atom stereocenters. The Morgan fingerprint density at radius 1 is 1.60 bits per heavy atom. The molecule has 0 aliphatic rings. The molecule has 0 N–H and O–H groups in total. The highest BCUT2D eigenvalue weighted by molar-refractivity contribution is 6.16. The van der Waals surface area contributed by atoms with Gasteiger partial charge in [-0.25, -0.2) is 9.97 Å². The van der Waals surface area contributed by atoms with E-state index in [2.05, 4.69) is 16.9 Å². The lowest BCUT2D eigenvalue weighted by Gasteiger charge is -1.95. The van der Waals surface area contributed by atoms with E-state index in [0.29, 0.717) is 11.7 Å². The van der Waals surface area contributed by atoms with E-state index in [1.807, 2.05) is 6.07 Å². The van der Waals surface area contributed by atoms with Crippen LogP contribution in [0.15, 0.2) is 12.3 Å². The maximum Gasteiger partial charge on any atom is 0.143 e. The molecule has 1 aromatic heterocycles. The number of halogens is 1. The van der Waals surface area contributed by atoms with Crippen molar-refractivity contribution in [2.75, 3.05) is 0 Å². The summed E-state index contributed by atoms with van der Waals surface area (Å²) in [5.41, 5.74) is 1.05. The molecule has 0 aromatic carbocycles. The van der Waals surface area contributed by atoms with Crippen LogP contribution in [0.25, 0.3) is 0 Å². The van der Waals surface area contributed by atoms with Crippen molar-refractivity contribution in [2.24, 2.45) is 0 Å². The normalized spacial score (nSPS) is 9.80. The van der Waals surface area contributed by atoms with Gasteiger partial charge in [0.1, 0.15) is 5.82 Å². The molecular weight excluding hydrogens is 148 g/mol. The van der Waals surface area contributed by atoms with Gasteiger partial charge in [0.25, 0.3) is 0 Å². The monoisotopic (exact) mass is 156 g/mol. The number of hydrogen-bond acceptors (Lipinski definition) is 2. The van der Waals surface area contributed by atoms with Crippen LogP contribution in [-0.2, 0) is 12.3 Å². The largest absolute Gasteiger partial charge is 0.240 e. The SMILES string of the molecule is CCc1ccnc(CCl)n1. The average Bonchev–Trinajstić information content (AvgIpc) is 2.05. The summed E-state index contributed by atoms with van der Waals surface area (Å²) in [4.78, 5) is 8.13. The fourth-order valence-corrected chi connectivity index (χ4v) is 0.831. The highest BCUT2D eigenvalue weighted by Crippen LogP contribution is 1.98. The van der Waals surface area contributed by atoms with Gasteiger partial charge in [0, 0.05) is 11.9 Å². The van der Waals surface area contributed by atoms with Crippen LogP contribution in [-0.4, -0.2) is 9.97 Å². The van der Waals surface area contributed by atoms with Gasteiger partial charge in [0.2, 0.25) is 0 Å².